The lowest BCUT2D eigenvalue weighted by molar-refractivity contribution is -0.136. The van der Waals surface area contributed by atoms with Crippen molar-refractivity contribution in [2.24, 2.45) is 0 Å². The number of thioether (sulfide) groups is 1. The van der Waals surface area contributed by atoms with Gasteiger partial charge < -0.3 is 0 Å². The summed E-state index contributed by atoms with van der Waals surface area (Å²) in [5.41, 5.74) is 1.31. The van der Waals surface area contributed by atoms with Crippen LogP contribution in [-0.2, 0) is 9.59 Å². The number of carbonyl (C=O) groups excluding carboxylic acids is 2. The van der Waals surface area contributed by atoms with E-state index in [1.807, 2.05) is 67.6 Å². The SMILES string of the molecule is CCCN1C(=O)C(Sc2ccccc2)=C(c2ccccc2)C1=O. The topological polar surface area (TPSA) is 37.4 Å². The molecule has 0 saturated carbocycles. The van der Waals surface area contributed by atoms with Crippen LogP contribution in [0, 0.1) is 0 Å². The Morgan fingerprint density at radius 2 is 1.48 bits per heavy atom. The number of hydrogen-bond donors (Lipinski definition) is 0. The molecular formula is C19H17NO2S. The van der Waals surface area contributed by atoms with Crippen molar-refractivity contribution in [2.75, 3.05) is 6.54 Å². The molecule has 0 aliphatic carbocycles. The summed E-state index contributed by atoms with van der Waals surface area (Å²) in [6.07, 6.45) is 0.753. The van der Waals surface area contributed by atoms with Crippen LogP contribution in [0.1, 0.15) is 18.9 Å². The van der Waals surface area contributed by atoms with Gasteiger partial charge in [0.05, 0.1) is 10.5 Å². The fraction of sp³-hybridized carbons (Fsp3) is 0.158. The van der Waals surface area contributed by atoms with E-state index in [-0.39, 0.29) is 11.8 Å². The zero-order valence-electron chi connectivity index (χ0n) is 12.9. The Labute approximate surface area is 140 Å². The molecule has 3 rings (SSSR count). The molecule has 2 aromatic rings. The third-order valence-corrected chi connectivity index (χ3v) is 4.69. The maximum Gasteiger partial charge on any atom is 0.268 e. The van der Waals surface area contributed by atoms with E-state index in [1.165, 1.54) is 16.7 Å². The molecule has 2 aromatic carbocycles. The normalized spacial score (nSPS) is 14.7. The van der Waals surface area contributed by atoms with E-state index in [1.54, 1.807) is 0 Å². The van der Waals surface area contributed by atoms with E-state index in [4.69, 9.17) is 0 Å². The van der Waals surface area contributed by atoms with Gasteiger partial charge in [0.2, 0.25) is 0 Å². The molecule has 0 bridgehead atoms. The van der Waals surface area contributed by atoms with Gasteiger partial charge in [0.1, 0.15) is 0 Å². The van der Waals surface area contributed by atoms with Crippen molar-refractivity contribution in [1.82, 2.24) is 4.90 Å². The van der Waals surface area contributed by atoms with Crippen molar-refractivity contribution in [2.45, 2.75) is 18.2 Å². The van der Waals surface area contributed by atoms with Crippen molar-refractivity contribution in [3.63, 3.8) is 0 Å². The number of amides is 2. The minimum atomic E-state index is -0.193. The number of hydrogen-bond acceptors (Lipinski definition) is 3. The lowest BCUT2D eigenvalue weighted by atomic mass is 10.1. The molecule has 23 heavy (non-hydrogen) atoms. The highest BCUT2D eigenvalue weighted by Gasteiger charge is 2.38. The Morgan fingerprint density at radius 3 is 2.09 bits per heavy atom. The van der Waals surface area contributed by atoms with Crippen molar-refractivity contribution in [3.05, 3.63) is 71.1 Å². The van der Waals surface area contributed by atoms with Crippen molar-refractivity contribution in [3.8, 4) is 0 Å². The average Bonchev–Trinajstić information content (AvgIpc) is 2.81. The van der Waals surface area contributed by atoms with E-state index >= 15 is 0 Å². The summed E-state index contributed by atoms with van der Waals surface area (Å²) in [6.45, 7) is 2.41. The molecule has 0 unspecified atom stereocenters. The lowest BCUT2D eigenvalue weighted by Gasteiger charge is -2.13. The maximum atomic E-state index is 12.7. The van der Waals surface area contributed by atoms with Gasteiger partial charge in [-0.3, -0.25) is 14.5 Å². The van der Waals surface area contributed by atoms with Crippen LogP contribution in [0.25, 0.3) is 5.57 Å². The summed E-state index contributed by atoms with van der Waals surface area (Å²) >= 11 is 1.36. The van der Waals surface area contributed by atoms with Crippen LogP contribution in [-0.4, -0.2) is 23.3 Å². The fourth-order valence-electron chi connectivity index (χ4n) is 2.54. The molecular weight excluding hydrogens is 306 g/mol. The van der Waals surface area contributed by atoms with E-state index in [0.29, 0.717) is 17.0 Å². The first-order valence-corrected chi connectivity index (χ1v) is 8.42. The van der Waals surface area contributed by atoms with Crippen molar-refractivity contribution < 1.29 is 9.59 Å². The van der Waals surface area contributed by atoms with Gasteiger partial charge in [-0.1, -0.05) is 67.2 Å². The highest BCUT2D eigenvalue weighted by molar-refractivity contribution is 8.04. The maximum absolute atomic E-state index is 12.7. The van der Waals surface area contributed by atoms with E-state index in [9.17, 15) is 9.59 Å². The third kappa shape index (κ3) is 3.08. The summed E-state index contributed by atoms with van der Waals surface area (Å²) in [5, 5.41) is 0. The highest BCUT2D eigenvalue weighted by atomic mass is 32.2. The summed E-state index contributed by atoms with van der Waals surface area (Å²) in [6, 6.07) is 19.1. The van der Waals surface area contributed by atoms with Crippen LogP contribution < -0.4 is 0 Å². The van der Waals surface area contributed by atoms with Gasteiger partial charge in [-0.05, 0) is 24.1 Å². The van der Waals surface area contributed by atoms with Gasteiger partial charge in [0, 0.05) is 11.4 Å². The zero-order chi connectivity index (χ0) is 16.2. The summed E-state index contributed by atoms with van der Waals surface area (Å²) in [7, 11) is 0. The Kier molecular flexibility index (Phi) is 4.63. The monoisotopic (exact) mass is 323 g/mol. The Morgan fingerprint density at radius 1 is 0.870 bits per heavy atom. The summed E-state index contributed by atoms with van der Waals surface area (Å²) < 4.78 is 0. The molecule has 116 valence electrons. The van der Waals surface area contributed by atoms with Gasteiger partial charge in [0.25, 0.3) is 11.8 Å². The number of benzene rings is 2. The molecule has 4 heteroatoms. The summed E-state index contributed by atoms with van der Waals surface area (Å²) in [5.74, 6) is -0.383. The van der Waals surface area contributed by atoms with Crippen LogP contribution in [0.5, 0.6) is 0 Å². The molecule has 2 amide bonds. The predicted octanol–water partition coefficient (Wildman–Crippen LogP) is 3.97. The van der Waals surface area contributed by atoms with E-state index in [2.05, 4.69) is 0 Å². The number of nitrogens with zero attached hydrogens (tertiary/aromatic N) is 1. The zero-order valence-corrected chi connectivity index (χ0v) is 13.7. The molecule has 3 nitrogen and oxygen atoms in total. The molecule has 0 spiro atoms. The number of carbonyl (C=O) groups is 2. The van der Waals surface area contributed by atoms with E-state index < -0.39 is 0 Å². The highest BCUT2D eigenvalue weighted by Crippen LogP contribution is 2.39. The standard InChI is InChI=1S/C19H17NO2S/c1-2-13-20-18(21)16(14-9-5-3-6-10-14)17(19(20)22)23-15-11-7-4-8-12-15/h3-12H,2,13H2,1H3. The minimum Gasteiger partial charge on any atom is -0.274 e. The predicted molar refractivity (Wildman–Crippen MR) is 92.7 cm³/mol. The fourth-order valence-corrected chi connectivity index (χ4v) is 3.57. The molecule has 0 N–H and O–H groups in total. The minimum absolute atomic E-state index is 0.190. The van der Waals surface area contributed by atoms with Crippen LogP contribution in [0.15, 0.2) is 70.5 Å². The quantitative estimate of drug-likeness (QED) is 0.781. The number of rotatable bonds is 5. The Balaban J connectivity index is 2.06. The largest absolute Gasteiger partial charge is 0.274 e. The average molecular weight is 323 g/mol. The number of imide groups is 1. The molecule has 1 aliphatic heterocycles. The van der Waals surface area contributed by atoms with Crippen molar-refractivity contribution >= 4 is 29.1 Å². The van der Waals surface area contributed by atoms with Gasteiger partial charge in [0.15, 0.2) is 0 Å². The van der Waals surface area contributed by atoms with Crippen molar-refractivity contribution in [1.29, 1.82) is 0 Å². The smallest absolute Gasteiger partial charge is 0.268 e. The van der Waals surface area contributed by atoms with Gasteiger partial charge >= 0.3 is 0 Å². The molecule has 0 saturated heterocycles. The second-order valence-electron chi connectivity index (χ2n) is 5.25. The lowest BCUT2D eigenvalue weighted by Crippen LogP contribution is -2.32. The first-order chi connectivity index (χ1) is 11.2. The molecule has 0 fully saturated rings. The molecule has 0 aromatic heterocycles. The van der Waals surface area contributed by atoms with Crippen LogP contribution in [0.3, 0.4) is 0 Å². The molecule has 1 heterocycles. The molecule has 0 atom stereocenters. The Bertz CT molecular complexity index is 753. The summed E-state index contributed by atoms with van der Waals surface area (Å²) in [4.78, 5) is 28.3. The van der Waals surface area contributed by atoms with E-state index in [0.717, 1.165) is 16.9 Å². The molecule has 0 radical (unpaired) electrons. The first-order valence-electron chi connectivity index (χ1n) is 7.61. The second-order valence-corrected chi connectivity index (χ2v) is 6.33. The Hall–Kier alpha value is -2.33. The van der Waals surface area contributed by atoms with Gasteiger partial charge in [-0.2, -0.15) is 0 Å². The second kappa shape index (κ2) is 6.84. The molecule has 1 aliphatic rings. The van der Waals surface area contributed by atoms with Gasteiger partial charge in [-0.15, -0.1) is 0 Å². The third-order valence-electron chi connectivity index (χ3n) is 3.60. The van der Waals surface area contributed by atoms with Gasteiger partial charge in [-0.25, -0.2) is 0 Å². The van der Waals surface area contributed by atoms with Crippen LogP contribution in [0.4, 0.5) is 0 Å². The van der Waals surface area contributed by atoms with Crippen LogP contribution in [0.2, 0.25) is 0 Å². The van der Waals surface area contributed by atoms with Crippen LogP contribution >= 0.6 is 11.8 Å². The first kappa shape index (κ1) is 15.6.